The minimum absolute atomic E-state index is 0.00685. The number of aromatic nitrogens is 4. The van der Waals surface area contributed by atoms with Gasteiger partial charge in [-0.3, -0.25) is 28.7 Å². The van der Waals surface area contributed by atoms with Gasteiger partial charge in [0.1, 0.15) is 11.5 Å². The minimum atomic E-state index is -0.277. The third kappa shape index (κ3) is 9.61. The predicted octanol–water partition coefficient (Wildman–Crippen LogP) is 7.19. The highest BCUT2D eigenvalue weighted by Crippen LogP contribution is 2.32. The van der Waals surface area contributed by atoms with Crippen molar-refractivity contribution in [2.75, 3.05) is 48.3 Å². The number of anilines is 4. The van der Waals surface area contributed by atoms with Crippen LogP contribution in [0.2, 0.25) is 0 Å². The van der Waals surface area contributed by atoms with E-state index in [1.807, 2.05) is 48.4 Å². The fourth-order valence-corrected chi connectivity index (χ4v) is 9.30. The lowest BCUT2D eigenvalue weighted by Gasteiger charge is -2.36. The fourth-order valence-electron chi connectivity index (χ4n) is 8.31. The number of fused-ring (bicyclic) bond motifs is 1. The molecule has 2 unspecified atom stereocenters. The summed E-state index contributed by atoms with van der Waals surface area (Å²) in [7, 11) is 0. The summed E-state index contributed by atoms with van der Waals surface area (Å²) in [4.78, 5) is 74.7. The summed E-state index contributed by atoms with van der Waals surface area (Å²) < 4.78 is 1.71. The van der Waals surface area contributed by atoms with Crippen molar-refractivity contribution in [3.05, 3.63) is 75.3 Å². The van der Waals surface area contributed by atoms with E-state index >= 15 is 0 Å². The normalized spacial score (nSPS) is 18.3. The molecule has 0 bridgehead atoms. The molecule has 1 saturated carbocycles. The molecular weight excluding hydrogens is 765 g/mol. The van der Waals surface area contributed by atoms with E-state index < -0.39 is 0 Å². The van der Waals surface area contributed by atoms with Gasteiger partial charge in [-0.25, -0.2) is 9.97 Å². The molecule has 0 spiro atoms. The summed E-state index contributed by atoms with van der Waals surface area (Å²) in [5, 5.41) is 11.4. The van der Waals surface area contributed by atoms with E-state index in [4.69, 9.17) is 4.98 Å². The van der Waals surface area contributed by atoms with Crippen LogP contribution in [0.4, 0.5) is 23.1 Å². The van der Waals surface area contributed by atoms with Crippen LogP contribution in [0.3, 0.4) is 0 Å². The number of rotatable bonds is 14. The van der Waals surface area contributed by atoms with Crippen molar-refractivity contribution in [3.8, 4) is 0 Å². The quantitative estimate of drug-likeness (QED) is 0.0871. The van der Waals surface area contributed by atoms with Crippen LogP contribution in [0.1, 0.15) is 116 Å². The summed E-state index contributed by atoms with van der Waals surface area (Å²) >= 11 is 1.60. The smallest absolute Gasteiger partial charge is 0.263 e. The fraction of sp³-hybridized carbons (Fsp3) is 0.500. The van der Waals surface area contributed by atoms with Crippen LogP contribution >= 0.6 is 11.8 Å². The molecule has 2 fully saturated rings. The van der Waals surface area contributed by atoms with Gasteiger partial charge in [0.2, 0.25) is 11.9 Å². The zero-order chi connectivity index (χ0) is 41.6. The van der Waals surface area contributed by atoms with Gasteiger partial charge in [-0.1, -0.05) is 50.4 Å². The Labute approximate surface area is 350 Å². The molecule has 1 aliphatic carbocycles. The zero-order valence-corrected chi connectivity index (χ0v) is 35.7. The number of unbranched alkanes of at least 4 members (excludes halogenated alkanes) is 3. The Balaban J connectivity index is 0.831. The maximum absolute atomic E-state index is 13.6. The average molecular weight is 821 g/mol. The molecule has 3 aromatic heterocycles. The standard InChI is InChI=1S/C44H56N10O4S/c1-27-34(41(57)51-44-48-29(3)31(5)59-44)15-12-16-36(27)45-20-11-7-6-8-17-38(56)53-23-21-52(22-24-53)33-18-19-37(46-25-33)49-43-47-26-35-28(2)39(30(4)55)42(58)54(40(35)50-43)32-13-9-10-14-32/h12,15-16,18-19,25-26,29,31-32,45H,6-11,13-14,17,20-24H2,1-5H3,(H,48,51,57)(H,46,47,49,50). The van der Waals surface area contributed by atoms with Crippen molar-refractivity contribution >= 4 is 68.7 Å². The Bertz CT molecular complexity index is 2280. The molecule has 3 N–H and O–H groups in total. The molecular formula is C44H56N10O4S. The number of ketones is 1. The molecule has 4 aromatic rings. The van der Waals surface area contributed by atoms with Crippen LogP contribution in [0.15, 0.2) is 52.5 Å². The lowest BCUT2D eigenvalue weighted by atomic mass is 10.0. The summed E-state index contributed by atoms with van der Waals surface area (Å²) in [5.41, 5.74) is 4.60. The number of aryl methyl sites for hydroxylation is 1. The van der Waals surface area contributed by atoms with Crippen molar-refractivity contribution in [3.63, 3.8) is 0 Å². The second kappa shape index (κ2) is 18.7. The summed E-state index contributed by atoms with van der Waals surface area (Å²) in [5.74, 6) is 0.743. The molecule has 7 rings (SSSR count). The first-order chi connectivity index (χ1) is 28.5. The SMILES string of the molecule is CC(=O)c1c(C)c2cnc(Nc3ccc(N4CCN(C(=O)CCCCCCNc5cccc(C(=O)NC6=NC(C)C(C)S6)c5C)CC4)cn3)nc2n(C2CCCC2)c1=O. The van der Waals surface area contributed by atoms with Crippen molar-refractivity contribution in [1.82, 2.24) is 29.7 Å². The maximum Gasteiger partial charge on any atom is 0.263 e. The molecule has 2 aliphatic heterocycles. The van der Waals surface area contributed by atoms with Crippen LogP contribution in [-0.2, 0) is 4.79 Å². The van der Waals surface area contributed by atoms with Gasteiger partial charge in [0.15, 0.2) is 11.0 Å². The van der Waals surface area contributed by atoms with Gasteiger partial charge in [0, 0.05) is 73.3 Å². The number of Topliss-reactive ketones (excluding diaryl/α,β-unsaturated/α-hetero) is 1. The summed E-state index contributed by atoms with van der Waals surface area (Å²) in [6.45, 7) is 13.0. The lowest BCUT2D eigenvalue weighted by molar-refractivity contribution is -0.131. The van der Waals surface area contributed by atoms with Gasteiger partial charge in [-0.15, -0.1) is 0 Å². The third-order valence-electron chi connectivity index (χ3n) is 12.0. The molecule has 1 aromatic carbocycles. The van der Waals surface area contributed by atoms with E-state index in [1.165, 1.54) is 6.92 Å². The maximum atomic E-state index is 13.6. The number of thioether (sulfide) groups is 1. The van der Waals surface area contributed by atoms with E-state index in [1.54, 1.807) is 29.4 Å². The molecule has 312 valence electrons. The summed E-state index contributed by atoms with van der Waals surface area (Å²) in [6, 6.07) is 9.85. The predicted molar refractivity (Wildman–Crippen MR) is 237 cm³/mol. The topological polar surface area (TPSA) is 167 Å². The average Bonchev–Trinajstić information content (AvgIpc) is 3.87. The number of hydrogen-bond acceptors (Lipinski definition) is 12. The molecule has 59 heavy (non-hydrogen) atoms. The molecule has 0 radical (unpaired) electrons. The molecule has 2 amide bonds. The van der Waals surface area contributed by atoms with Gasteiger partial charge >= 0.3 is 0 Å². The zero-order valence-electron chi connectivity index (χ0n) is 34.8. The van der Waals surface area contributed by atoms with Crippen LogP contribution < -0.4 is 26.4 Å². The Morgan fingerprint density at radius 3 is 2.36 bits per heavy atom. The van der Waals surface area contributed by atoms with Crippen molar-refractivity contribution < 1.29 is 14.4 Å². The van der Waals surface area contributed by atoms with E-state index in [9.17, 15) is 19.2 Å². The largest absolute Gasteiger partial charge is 0.385 e. The van der Waals surface area contributed by atoms with E-state index in [0.29, 0.717) is 63.9 Å². The Morgan fingerprint density at radius 2 is 1.66 bits per heavy atom. The number of carbonyl (C=O) groups is 3. The lowest BCUT2D eigenvalue weighted by Crippen LogP contribution is -2.48. The van der Waals surface area contributed by atoms with Gasteiger partial charge in [0.25, 0.3) is 11.5 Å². The molecule has 15 heteroatoms. The highest BCUT2D eigenvalue weighted by Gasteiger charge is 2.27. The second-order valence-corrected chi connectivity index (χ2v) is 17.4. The van der Waals surface area contributed by atoms with Crippen LogP contribution in [0, 0.1) is 13.8 Å². The third-order valence-corrected chi connectivity index (χ3v) is 13.2. The van der Waals surface area contributed by atoms with Gasteiger partial charge in [-0.05, 0) is 88.8 Å². The molecule has 3 aliphatic rings. The monoisotopic (exact) mass is 820 g/mol. The number of amidine groups is 1. The molecule has 2 atom stereocenters. The molecule has 5 heterocycles. The number of piperazine rings is 1. The van der Waals surface area contributed by atoms with Gasteiger partial charge in [0.05, 0.1) is 23.5 Å². The number of carbonyl (C=O) groups excluding carboxylic acids is 3. The minimum Gasteiger partial charge on any atom is -0.385 e. The van der Waals surface area contributed by atoms with Crippen molar-refractivity contribution in [1.29, 1.82) is 0 Å². The van der Waals surface area contributed by atoms with Crippen LogP contribution in [0.5, 0.6) is 0 Å². The number of benzene rings is 1. The summed E-state index contributed by atoms with van der Waals surface area (Å²) in [6.07, 6.45) is 11.7. The highest BCUT2D eigenvalue weighted by molar-refractivity contribution is 8.14. The van der Waals surface area contributed by atoms with Crippen LogP contribution in [-0.4, -0.2) is 91.2 Å². The Hall–Kier alpha value is -5.31. The first-order valence-corrected chi connectivity index (χ1v) is 21.9. The van der Waals surface area contributed by atoms with Crippen molar-refractivity contribution in [2.45, 2.75) is 110 Å². The molecule has 1 saturated heterocycles. The molecule has 14 nitrogen and oxygen atoms in total. The van der Waals surface area contributed by atoms with Crippen LogP contribution in [0.25, 0.3) is 11.0 Å². The number of hydrogen-bond donors (Lipinski definition) is 3. The Kier molecular flexibility index (Phi) is 13.3. The van der Waals surface area contributed by atoms with Gasteiger partial charge in [-0.2, -0.15) is 4.98 Å². The second-order valence-electron chi connectivity index (χ2n) is 16.0. The highest BCUT2D eigenvalue weighted by atomic mass is 32.2. The van der Waals surface area contributed by atoms with E-state index in [0.717, 1.165) is 87.9 Å². The number of nitrogens with one attached hydrogen (secondary N) is 3. The number of pyridine rings is 2. The van der Waals surface area contributed by atoms with Gasteiger partial charge < -0.3 is 25.8 Å². The number of amides is 2. The van der Waals surface area contributed by atoms with E-state index in [2.05, 4.69) is 49.7 Å². The van der Waals surface area contributed by atoms with Crippen molar-refractivity contribution in [2.24, 2.45) is 4.99 Å². The first-order valence-electron chi connectivity index (χ1n) is 21.1. The Morgan fingerprint density at radius 1 is 0.898 bits per heavy atom. The van der Waals surface area contributed by atoms with E-state index in [-0.39, 0.29) is 40.8 Å². The number of aliphatic imine (C=N–C) groups is 1. The number of nitrogens with zero attached hydrogens (tertiary/aromatic N) is 7. The first kappa shape index (κ1) is 41.8.